The van der Waals surface area contributed by atoms with E-state index in [9.17, 15) is 19.5 Å². The summed E-state index contributed by atoms with van der Waals surface area (Å²) in [6.45, 7) is 5.15. The predicted octanol–water partition coefficient (Wildman–Crippen LogP) is 1.36. The molecule has 2 saturated heterocycles. The number of fused-ring (bicyclic) bond motifs is 1. The summed E-state index contributed by atoms with van der Waals surface area (Å²) in [7, 11) is 0. The predicted molar refractivity (Wildman–Crippen MR) is 86.3 cm³/mol. The molecule has 0 spiro atoms. The zero-order valence-electron chi connectivity index (χ0n) is 13.6. The van der Waals surface area contributed by atoms with Gasteiger partial charge in [-0.25, -0.2) is 4.79 Å². The molecule has 7 nitrogen and oxygen atoms in total. The third kappa shape index (κ3) is 4.76. The molecule has 2 aliphatic heterocycles. The quantitative estimate of drug-likeness (QED) is 0.382. The van der Waals surface area contributed by atoms with E-state index in [-0.39, 0.29) is 29.8 Å². The van der Waals surface area contributed by atoms with Gasteiger partial charge in [0.15, 0.2) is 5.92 Å². The van der Waals surface area contributed by atoms with Crippen molar-refractivity contribution < 1.29 is 24.2 Å². The minimum atomic E-state index is -1.15. The maximum Gasteiger partial charge on any atom is 0.320 e. The Balaban J connectivity index is 1.82. The number of carbonyl (C=O) groups excluding carboxylic acids is 2. The second-order valence-electron chi connectivity index (χ2n) is 6.98. The van der Waals surface area contributed by atoms with Crippen LogP contribution in [0.2, 0.25) is 0 Å². The number of rotatable bonds is 6. The number of thioether (sulfide) groups is 1. The molecule has 4 atom stereocenters. The summed E-state index contributed by atoms with van der Waals surface area (Å²) in [6, 6.07) is 0.110. The van der Waals surface area contributed by atoms with Crippen molar-refractivity contribution in [2.24, 2.45) is 5.92 Å². The molecule has 1 unspecified atom stereocenters. The Bertz CT molecular complexity index is 491. The lowest BCUT2D eigenvalue weighted by Crippen LogP contribution is -2.37. The maximum atomic E-state index is 12.0. The number of ether oxygens (including phenoxy) is 1. The molecule has 2 heterocycles. The minimum Gasteiger partial charge on any atom is -0.481 e. The summed E-state index contributed by atoms with van der Waals surface area (Å²) in [4.78, 5) is 34.6. The lowest BCUT2D eigenvalue weighted by atomic mass is 9.98. The summed E-state index contributed by atoms with van der Waals surface area (Å²) in [5, 5.41) is 15.3. The molecule has 0 aromatic heterocycles. The summed E-state index contributed by atoms with van der Waals surface area (Å²) in [5.74, 6) is -2.10. The summed E-state index contributed by atoms with van der Waals surface area (Å²) in [5.41, 5.74) is -0.695. The molecular formula is C15H24N2O5S. The number of carboxylic acids is 1. The topological polar surface area (TPSA) is 105 Å². The number of hydrogen-bond donors (Lipinski definition) is 3. The first-order chi connectivity index (χ1) is 10.7. The third-order valence-corrected chi connectivity index (χ3v) is 5.42. The Kier molecular flexibility index (Phi) is 5.44. The highest BCUT2D eigenvalue weighted by molar-refractivity contribution is 8.00. The molecule has 2 aliphatic rings. The lowest BCUT2D eigenvalue weighted by Gasteiger charge is -2.22. The van der Waals surface area contributed by atoms with Gasteiger partial charge in [0.25, 0.3) is 0 Å². The van der Waals surface area contributed by atoms with Crippen LogP contribution in [0.4, 0.5) is 4.79 Å². The number of amides is 2. The highest BCUT2D eigenvalue weighted by atomic mass is 32.2. The van der Waals surface area contributed by atoms with Crippen molar-refractivity contribution in [1.29, 1.82) is 0 Å². The zero-order valence-corrected chi connectivity index (χ0v) is 14.4. The van der Waals surface area contributed by atoms with E-state index in [4.69, 9.17) is 4.74 Å². The van der Waals surface area contributed by atoms with Gasteiger partial charge in [-0.1, -0.05) is 6.42 Å². The molecular weight excluding hydrogens is 320 g/mol. The van der Waals surface area contributed by atoms with E-state index >= 15 is 0 Å². The summed E-state index contributed by atoms with van der Waals surface area (Å²) >= 11 is 1.77. The number of carbonyl (C=O) groups is 3. The molecule has 2 rings (SSSR count). The maximum absolute atomic E-state index is 12.0. The number of hydrogen-bond acceptors (Lipinski definition) is 5. The largest absolute Gasteiger partial charge is 0.481 e. The molecule has 2 fully saturated rings. The van der Waals surface area contributed by atoms with Crippen LogP contribution >= 0.6 is 11.8 Å². The zero-order chi connectivity index (χ0) is 17.2. The molecule has 2 amide bonds. The van der Waals surface area contributed by atoms with Crippen LogP contribution in [0.3, 0.4) is 0 Å². The van der Waals surface area contributed by atoms with Gasteiger partial charge in [0.1, 0.15) is 5.60 Å². The molecule has 0 bridgehead atoms. The van der Waals surface area contributed by atoms with Crippen LogP contribution in [0.1, 0.15) is 40.0 Å². The van der Waals surface area contributed by atoms with Gasteiger partial charge < -0.3 is 20.5 Å². The van der Waals surface area contributed by atoms with E-state index in [0.717, 1.165) is 12.2 Å². The lowest BCUT2D eigenvalue weighted by molar-refractivity contribution is -0.167. The van der Waals surface area contributed by atoms with Gasteiger partial charge in [0.2, 0.25) is 0 Å². The van der Waals surface area contributed by atoms with Crippen LogP contribution in [0.25, 0.3) is 0 Å². The first-order valence-corrected chi connectivity index (χ1v) is 8.86. The van der Waals surface area contributed by atoms with Crippen molar-refractivity contribution in [3.05, 3.63) is 0 Å². The molecule has 8 heteroatoms. The van der Waals surface area contributed by atoms with Gasteiger partial charge in [-0.2, -0.15) is 11.8 Å². The monoisotopic (exact) mass is 344 g/mol. The first-order valence-electron chi connectivity index (χ1n) is 7.81. The third-order valence-electron chi connectivity index (χ3n) is 3.91. The SMILES string of the molecule is CC(C)(C)OC(=O)C(CCC[C@@H]1SC[C@@H]2NC(=O)N[C@@H]21)C(=O)O. The standard InChI is InChI=1S/C15H24N2O5S/c1-15(2,3)22-13(20)8(12(18)19)5-4-6-10-11-9(7-23-10)16-14(21)17-11/h8-11H,4-7H2,1-3H3,(H,18,19)(H2,16,17,21)/t8?,9-,10-,11-/m0/s1. The van der Waals surface area contributed by atoms with Crippen molar-refractivity contribution in [3.8, 4) is 0 Å². The van der Waals surface area contributed by atoms with Gasteiger partial charge in [-0.15, -0.1) is 0 Å². The van der Waals surface area contributed by atoms with Crippen LogP contribution in [0.5, 0.6) is 0 Å². The average Bonchev–Trinajstić information content (AvgIpc) is 2.91. The number of urea groups is 1. The van der Waals surface area contributed by atoms with E-state index in [1.807, 2.05) is 0 Å². The fraction of sp³-hybridized carbons (Fsp3) is 0.800. The molecule has 0 aromatic rings. The molecule has 0 saturated carbocycles. The van der Waals surface area contributed by atoms with E-state index in [2.05, 4.69) is 10.6 Å². The van der Waals surface area contributed by atoms with Gasteiger partial charge in [-0.3, -0.25) is 9.59 Å². The number of carboxylic acid groups (broad SMARTS) is 1. The van der Waals surface area contributed by atoms with Crippen LogP contribution < -0.4 is 10.6 Å². The van der Waals surface area contributed by atoms with Gasteiger partial charge in [-0.05, 0) is 33.6 Å². The van der Waals surface area contributed by atoms with E-state index < -0.39 is 23.5 Å². The van der Waals surface area contributed by atoms with Crippen LogP contribution in [-0.4, -0.2) is 51.8 Å². The molecule has 0 radical (unpaired) electrons. The highest BCUT2D eigenvalue weighted by Gasteiger charge is 2.42. The Morgan fingerprint density at radius 3 is 2.70 bits per heavy atom. The van der Waals surface area contributed by atoms with Crippen molar-refractivity contribution in [2.75, 3.05) is 5.75 Å². The van der Waals surface area contributed by atoms with Crippen molar-refractivity contribution in [2.45, 2.75) is 63.0 Å². The average molecular weight is 344 g/mol. The van der Waals surface area contributed by atoms with Crippen LogP contribution in [0, 0.1) is 5.92 Å². The van der Waals surface area contributed by atoms with Gasteiger partial charge in [0.05, 0.1) is 12.1 Å². The van der Waals surface area contributed by atoms with E-state index in [0.29, 0.717) is 6.42 Å². The van der Waals surface area contributed by atoms with Crippen LogP contribution in [0.15, 0.2) is 0 Å². The fourth-order valence-electron chi connectivity index (χ4n) is 2.88. The Morgan fingerprint density at radius 2 is 2.09 bits per heavy atom. The van der Waals surface area contributed by atoms with Gasteiger partial charge >= 0.3 is 18.0 Å². The first kappa shape index (κ1) is 17.9. The second-order valence-corrected chi connectivity index (χ2v) is 8.25. The van der Waals surface area contributed by atoms with Crippen molar-refractivity contribution in [3.63, 3.8) is 0 Å². The molecule has 23 heavy (non-hydrogen) atoms. The normalized spacial score (nSPS) is 27.8. The molecule has 0 aromatic carbocycles. The van der Waals surface area contributed by atoms with E-state index in [1.165, 1.54) is 0 Å². The molecule has 0 aliphatic carbocycles. The Hall–Kier alpha value is -1.44. The van der Waals surface area contributed by atoms with Gasteiger partial charge in [0, 0.05) is 11.0 Å². The fourth-order valence-corrected chi connectivity index (χ4v) is 4.42. The van der Waals surface area contributed by atoms with Crippen LogP contribution in [-0.2, 0) is 14.3 Å². The number of nitrogens with one attached hydrogen (secondary N) is 2. The summed E-state index contributed by atoms with van der Waals surface area (Å²) < 4.78 is 5.18. The molecule has 3 N–H and O–H groups in total. The van der Waals surface area contributed by atoms with Crippen molar-refractivity contribution in [1.82, 2.24) is 10.6 Å². The van der Waals surface area contributed by atoms with Crippen molar-refractivity contribution >= 4 is 29.7 Å². The molecule has 130 valence electrons. The Labute approximate surface area is 139 Å². The second kappa shape index (κ2) is 6.98. The Morgan fingerprint density at radius 1 is 1.39 bits per heavy atom. The smallest absolute Gasteiger partial charge is 0.320 e. The summed E-state index contributed by atoms with van der Waals surface area (Å²) in [6.07, 6.45) is 1.62. The highest BCUT2D eigenvalue weighted by Crippen LogP contribution is 2.33. The minimum absolute atomic E-state index is 0.0947. The number of aliphatic carboxylic acids is 1. The number of esters is 1. The van der Waals surface area contributed by atoms with E-state index in [1.54, 1.807) is 32.5 Å².